The molecular weight excluding hydrogens is 394 g/mol. The van der Waals surface area contributed by atoms with E-state index in [1.807, 2.05) is 0 Å². The molecular formula is C16H17N3O8S. The van der Waals surface area contributed by atoms with E-state index in [1.54, 1.807) is 0 Å². The van der Waals surface area contributed by atoms with Crippen LogP contribution in [0.4, 0.5) is 5.00 Å². The van der Waals surface area contributed by atoms with Crippen LogP contribution in [0.5, 0.6) is 0 Å². The van der Waals surface area contributed by atoms with E-state index in [4.69, 9.17) is 4.74 Å². The number of nitrogens with one attached hydrogen (secondary N) is 2. The molecule has 0 saturated carbocycles. The van der Waals surface area contributed by atoms with E-state index < -0.39 is 30.4 Å². The minimum Gasteiger partial charge on any atom is -0.465 e. The van der Waals surface area contributed by atoms with Crippen LogP contribution in [-0.4, -0.2) is 56.3 Å². The number of rotatable bonds is 6. The second kappa shape index (κ2) is 9.08. The average molecular weight is 411 g/mol. The van der Waals surface area contributed by atoms with E-state index in [9.17, 15) is 24.0 Å². The highest BCUT2D eigenvalue weighted by Gasteiger charge is 2.27. The fourth-order valence-electron chi connectivity index (χ4n) is 2.24. The maximum Gasteiger partial charge on any atom is 0.355 e. The summed E-state index contributed by atoms with van der Waals surface area (Å²) < 4.78 is 14.2. The van der Waals surface area contributed by atoms with E-state index >= 15 is 0 Å². The molecule has 2 N–H and O–H groups in total. The number of methoxy groups -OCH3 is 2. The standard InChI is InChI=1S/C16H17N3O8S/c1-7-11(15(23)25-2)13(28-12(7)16(24)26-3)17-10(21)6-27-14(22)8-4-5-9(20)19-18-8/h4-6H2,1-3H3,(H,17,21)(H,19,20). The van der Waals surface area contributed by atoms with E-state index in [1.165, 1.54) is 14.0 Å². The monoisotopic (exact) mass is 411 g/mol. The molecule has 0 spiro atoms. The van der Waals surface area contributed by atoms with E-state index in [2.05, 4.69) is 25.3 Å². The average Bonchev–Trinajstić information content (AvgIpc) is 3.01. The number of hydrogen-bond acceptors (Lipinski definition) is 10. The smallest absolute Gasteiger partial charge is 0.355 e. The Morgan fingerprint density at radius 3 is 2.36 bits per heavy atom. The highest BCUT2D eigenvalue weighted by atomic mass is 32.1. The number of hydrogen-bond donors (Lipinski definition) is 2. The van der Waals surface area contributed by atoms with Crippen LogP contribution in [0.3, 0.4) is 0 Å². The van der Waals surface area contributed by atoms with Crippen LogP contribution in [0, 0.1) is 6.92 Å². The summed E-state index contributed by atoms with van der Waals surface area (Å²) in [6.07, 6.45) is 0.193. The van der Waals surface area contributed by atoms with Crippen molar-refractivity contribution in [1.82, 2.24) is 5.43 Å². The summed E-state index contributed by atoms with van der Waals surface area (Å²) in [6, 6.07) is 0. The lowest BCUT2D eigenvalue weighted by Crippen LogP contribution is -2.32. The summed E-state index contributed by atoms with van der Waals surface area (Å²) in [5.74, 6) is -3.32. The Hall–Kier alpha value is -3.28. The first kappa shape index (κ1) is 21.0. The van der Waals surface area contributed by atoms with Crippen molar-refractivity contribution >= 4 is 51.8 Å². The van der Waals surface area contributed by atoms with Crippen molar-refractivity contribution in [2.24, 2.45) is 5.10 Å². The third-order valence-electron chi connectivity index (χ3n) is 3.63. The van der Waals surface area contributed by atoms with Crippen LogP contribution in [-0.2, 0) is 28.6 Å². The zero-order chi connectivity index (χ0) is 20.8. The first-order valence-electron chi connectivity index (χ1n) is 7.90. The Kier molecular flexibility index (Phi) is 6.82. The van der Waals surface area contributed by atoms with E-state index in [0.717, 1.165) is 18.4 Å². The largest absolute Gasteiger partial charge is 0.465 e. The van der Waals surface area contributed by atoms with Crippen molar-refractivity contribution in [3.05, 3.63) is 16.0 Å². The topological polar surface area (TPSA) is 149 Å². The normalized spacial score (nSPS) is 13.1. The van der Waals surface area contributed by atoms with Gasteiger partial charge in [-0.25, -0.2) is 19.8 Å². The van der Waals surface area contributed by atoms with Gasteiger partial charge in [-0.1, -0.05) is 0 Å². The third-order valence-corrected chi connectivity index (χ3v) is 4.82. The van der Waals surface area contributed by atoms with Crippen molar-refractivity contribution in [3.8, 4) is 0 Å². The first-order chi connectivity index (χ1) is 13.3. The van der Waals surface area contributed by atoms with Crippen molar-refractivity contribution in [3.63, 3.8) is 0 Å². The molecule has 1 aromatic heterocycles. The number of amides is 2. The van der Waals surface area contributed by atoms with Crippen LogP contribution >= 0.6 is 11.3 Å². The van der Waals surface area contributed by atoms with Gasteiger partial charge in [0, 0.05) is 12.8 Å². The molecule has 0 fully saturated rings. The van der Waals surface area contributed by atoms with Gasteiger partial charge in [-0.3, -0.25) is 9.59 Å². The minimum atomic E-state index is -0.846. The summed E-state index contributed by atoms with van der Waals surface area (Å²) in [4.78, 5) is 58.9. The lowest BCUT2D eigenvalue weighted by molar-refractivity contribution is -0.140. The fraction of sp³-hybridized carbons (Fsp3) is 0.375. The molecule has 0 atom stereocenters. The summed E-state index contributed by atoms with van der Waals surface area (Å²) in [7, 11) is 2.35. The molecule has 2 heterocycles. The number of thiophene rings is 1. The van der Waals surface area contributed by atoms with Crippen molar-refractivity contribution < 1.29 is 38.2 Å². The molecule has 0 aromatic carbocycles. The molecule has 150 valence electrons. The molecule has 0 saturated heterocycles. The van der Waals surface area contributed by atoms with Crippen LogP contribution in [0.2, 0.25) is 0 Å². The van der Waals surface area contributed by atoms with Crippen LogP contribution in [0.15, 0.2) is 5.10 Å². The van der Waals surface area contributed by atoms with Crippen molar-refractivity contribution in [2.75, 3.05) is 26.1 Å². The highest BCUT2D eigenvalue weighted by molar-refractivity contribution is 7.18. The predicted octanol–water partition coefficient (Wildman–Crippen LogP) is 0.377. The van der Waals surface area contributed by atoms with Gasteiger partial charge in [-0.05, 0) is 12.5 Å². The number of ether oxygens (including phenoxy) is 3. The number of carbonyl (C=O) groups excluding carboxylic acids is 5. The Morgan fingerprint density at radius 1 is 1.11 bits per heavy atom. The molecule has 0 radical (unpaired) electrons. The Bertz CT molecular complexity index is 873. The number of hydrazone groups is 1. The van der Waals surface area contributed by atoms with Gasteiger partial charge in [0.15, 0.2) is 6.61 Å². The minimum absolute atomic E-state index is 0.00643. The summed E-state index contributed by atoms with van der Waals surface area (Å²) in [6.45, 7) is 0.858. The van der Waals surface area contributed by atoms with Crippen LogP contribution < -0.4 is 10.7 Å². The Labute approximate surface area is 163 Å². The zero-order valence-electron chi connectivity index (χ0n) is 15.2. The molecule has 1 aliphatic rings. The maximum atomic E-state index is 12.1. The fourth-order valence-corrected chi connectivity index (χ4v) is 3.36. The molecule has 1 aromatic rings. The second-order valence-corrected chi connectivity index (χ2v) is 6.48. The molecule has 2 rings (SSSR count). The Morgan fingerprint density at radius 2 is 1.79 bits per heavy atom. The van der Waals surface area contributed by atoms with Crippen LogP contribution in [0.1, 0.15) is 38.4 Å². The van der Waals surface area contributed by atoms with E-state index in [0.29, 0.717) is 5.56 Å². The second-order valence-electron chi connectivity index (χ2n) is 5.46. The highest BCUT2D eigenvalue weighted by Crippen LogP contribution is 2.34. The lowest BCUT2D eigenvalue weighted by atomic mass is 10.1. The predicted molar refractivity (Wildman–Crippen MR) is 96.1 cm³/mol. The summed E-state index contributed by atoms with van der Waals surface area (Å²) in [5, 5.41) is 6.04. The number of nitrogens with zero attached hydrogens (tertiary/aromatic N) is 1. The van der Waals surface area contributed by atoms with Crippen LogP contribution in [0.25, 0.3) is 0 Å². The molecule has 0 bridgehead atoms. The van der Waals surface area contributed by atoms with Crippen molar-refractivity contribution in [2.45, 2.75) is 19.8 Å². The molecule has 0 aliphatic carbocycles. The molecule has 11 nitrogen and oxygen atoms in total. The summed E-state index contributed by atoms with van der Waals surface area (Å²) >= 11 is 0.834. The lowest BCUT2D eigenvalue weighted by Gasteiger charge is -2.11. The molecule has 1 aliphatic heterocycles. The van der Waals surface area contributed by atoms with Gasteiger partial charge in [0.2, 0.25) is 5.91 Å². The van der Waals surface area contributed by atoms with Gasteiger partial charge in [0.1, 0.15) is 15.6 Å². The van der Waals surface area contributed by atoms with Gasteiger partial charge in [-0.2, -0.15) is 5.10 Å². The van der Waals surface area contributed by atoms with Gasteiger partial charge in [0.05, 0.1) is 19.8 Å². The molecule has 2 amide bonds. The van der Waals surface area contributed by atoms with E-state index in [-0.39, 0.29) is 39.9 Å². The molecule has 12 heteroatoms. The number of anilines is 1. The number of esters is 3. The van der Waals surface area contributed by atoms with Gasteiger partial charge in [-0.15, -0.1) is 11.3 Å². The van der Waals surface area contributed by atoms with Gasteiger partial charge >= 0.3 is 17.9 Å². The van der Waals surface area contributed by atoms with Gasteiger partial charge < -0.3 is 19.5 Å². The van der Waals surface area contributed by atoms with Gasteiger partial charge in [0.25, 0.3) is 5.91 Å². The SMILES string of the molecule is COC(=O)c1sc(NC(=O)COC(=O)C2=NNC(=O)CC2)c(C(=O)OC)c1C. The molecule has 28 heavy (non-hydrogen) atoms. The quantitative estimate of drug-likeness (QED) is 0.504. The summed E-state index contributed by atoms with van der Waals surface area (Å²) in [5.41, 5.74) is 2.44. The zero-order valence-corrected chi connectivity index (χ0v) is 16.1. The first-order valence-corrected chi connectivity index (χ1v) is 8.72. The Balaban J connectivity index is 2.08. The third kappa shape index (κ3) is 4.71. The number of carbonyl (C=O) groups is 5. The van der Waals surface area contributed by atoms with Crippen molar-refractivity contribution in [1.29, 1.82) is 0 Å². The maximum absolute atomic E-state index is 12.1. The molecule has 0 unspecified atom stereocenters.